The van der Waals surface area contributed by atoms with Crippen LogP contribution in [0.25, 0.3) is 0 Å². The van der Waals surface area contributed by atoms with Crippen molar-refractivity contribution in [1.82, 2.24) is 4.90 Å². The highest BCUT2D eigenvalue weighted by Gasteiger charge is 2.22. The Labute approximate surface area is 118 Å². The first-order valence-corrected chi connectivity index (χ1v) is 6.64. The van der Waals surface area contributed by atoms with Gasteiger partial charge in [0.25, 0.3) is 5.69 Å². The minimum absolute atomic E-state index is 0.0435. The predicted molar refractivity (Wildman–Crippen MR) is 77.0 cm³/mol. The number of hydrogen-bond acceptors (Lipinski definition) is 4. The van der Waals surface area contributed by atoms with E-state index in [1.54, 1.807) is 17.0 Å². The summed E-state index contributed by atoms with van der Waals surface area (Å²) >= 11 is 0. The molecule has 2 N–H and O–H groups in total. The van der Waals surface area contributed by atoms with Crippen LogP contribution in [0.2, 0.25) is 0 Å². The van der Waals surface area contributed by atoms with Crippen LogP contribution in [0.15, 0.2) is 24.3 Å². The van der Waals surface area contributed by atoms with Crippen molar-refractivity contribution in [3.63, 3.8) is 0 Å². The topological polar surface area (TPSA) is 89.5 Å². The molecule has 0 bridgehead atoms. The van der Waals surface area contributed by atoms with E-state index in [-0.39, 0.29) is 17.5 Å². The van der Waals surface area contributed by atoms with Crippen LogP contribution < -0.4 is 5.73 Å². The van der Waals surface area contributed by atoms with Crippen LogP contribution in [0.3, 0.4) is 0 Å². The zero-order chi connectivity index (χ0) is 15.3. The predicted octanol–water partition coefficient (Wildman–Crippen LogP) is 1.93. The average molecular weight is 279 g/mol. The van der Waals surface area contributed by atoms with Gasteiger partial charge >= 0.3 is 0 Å². The molecule has 0 saturated heterocycles. The van der Waals surface area contributed by atoms with Crippen LogP contribution in [0.5, 0.6) is 0 Å². The first-order valence-electron chi connectivity index (χ1n) is 6.64. The monoisotopic (exact) mass is 279 g/mol. The molecule has 1 amide bonds. The number of likely N-dealkylation sites (N-methyl/N-ethyl adjacent to an activating group) is 1. The highest BCUT2D eigenvalue weighted by Crippen LogP contribution is 2.14. The molecule has 0 aliphatic rings. The lowest BCUT2D eigenvalue weighted by Gasteiger charge is -2.26. The number of nitrogens with two attached hydrogens (primary N) is 1. The second-order valence-electron chi connectivity index (χ2n) is 5.05. The number of rotatable bonds is 6. The standard InChI is InChI=1S/C14H21N3O3/c1-4-16(14(18)13(15)10(2)3)9-11-5-7-12(8-6-11)17(19)20/h5-8,10,13H,4,9,15H2,1-3H3. The summed E-state index contributed by atoms with van der Waals surface area (Å²) in [5.74, 6) is -0.0192. The van der Waals surface area contributed by atoms with Gasteiger partial charge in [0.05, 0.1) is 11.0 Å². The number of benzene rings is 1. The molecule has 1 aromatic carbocycles. The third-order valence-corrected chi connectivity index (χ3v) is 3.22. The van der Waals surface area contributed by atoms with Crippen molar-refractivity contribution in [2.75, 3.05) is 6.54 Å². The summed E-state index contributed by atoms with van der Waals surface area (Å²) in [5.41, 5.74) is 6.77. The van der Waals surface area contributed by atoms with Crippen molar-refractivity contribution in [2.24, 2.45) is 11.7 Å². The maximum atomic E-state index is 12.2. The van der Waals surface area contributed by atoms with E-state index in [4.69, 9.17) is 5.73 Å². The Balaban J connectivity index is 2.78. The fraction of sp³-hybridized carbons (Fsp3) is 0.500. The summed E-state index contributed by atoms with van der Waals surface area (Å²) in [6.07, 6.45) is 0. The summed E-state index contributed by atoms with van der Waals surface area (Å²) in [4.78, 5) is 24.0. The van der Waals surface area contributed by atoms with Gasteiger partial charge in [-0.25, -0.2) is 0 Å². The van der Waals surface area contributed by atoms with Gasteiger partial charge in [-0.3, -0.25) is 14.9 Å². The average Bonchev–Trinajstić information content (AvgIpc) is 2.43. The van der Waals surface area contributed by atoms with E-state index in [1.807, 2.05) is 20.8 Å². The van der Waals surface area contributed by atoms with Gasteiger partial charge < -0.3 is 10.6 Å². The van der Waals surface area contributed by atoms with Crippen LogP contribution in [0.1, 0.15) is 26.3 Å². The highest BCUT2D eigenvalue weighted by molar-refractivity contribution is 5.81. The Kier molecular flexibility index (Phi) is 5.64. The van der Waals surface area contributed by atoms with E-state index in [1.165, 1.54) is 12.1 Å². The van der Waals surface area contributed by atoms with Crippen molar-refractivity contribution in [1.29, 1.82) is 0 Å². The summed E-state index contributed by atoms with van der Waals surface area (Å²) in [6.45, 7) is 6.66. The number of carbonyl (C=O) groups excluding carboxylic acids is 1. The van der Waals surface area contributed by atoms with Crippen LogP contribution in [-0.2, 0) is 11.3 Å². The van der Waals surface area contributed by atoms with Crippen LogP contribution in [0, 0.1) is 16.0 Å². The Hall–Kier alpha value is -1.95. The van der Waals surface area contributed by atoms with Gasteiger partial charge in [-0.15, -0.1) is 0 Å². The van der Waals surface area contributed by atoms with E-state index in [9.17, 15) is 14.9 Å². The molecule has 1 atom stereocenters. The van der Waals surface area contributed by atoms with Crippen LogP contribution >= 0.6 is 0 Å². The van der Waals surface area contributed by atoms with E-state index < -0.39 is 11.0 Å². The zero-order valence-electron chi connectivity index (χ0n) is 12.1. The van der Waals surface area contributed by atoms with Crippen molar-refractivity contribution in [2.45, 2.75) is 33.4 Å². The molecule has 0 fully saturated rings. The van der Waals surface area contributed by atoms with Gasteiger partial charge in [-0.2, -0.15) is 0 Å². The van der Waals surface area contributed by atoms with Crippen molar-refractivity contribution < 1.29 is 9.72 Å². The summed E-state index contributed by atoms with van der Waals surface area (Å²) in [6, 6.07) is 5.68. The molecule has 6 heteroatoms. The van der Waals surface area contributed by atoms with E-state index in [2.05, 4.69) is 0 Å². The largest absolute Gasteiger partial charge is 0.337 e. The minimum atomic E-state index is -0.520. The number of non-ortho nitro benzene ring substituents is 1. The van der Waals surface area contributed by atoms with Crippen molar-refractivity contribution >= 4 is 11.6 Å². The fourth-order valence-corrected chi connectivity index (χ4v) is 1.78. The lowest BCUT2D eigenvalue weighted by Crippen LogP contribution is -2.46. The second-order valence-corrected chi connectivity index (χ2v) is 5.05. The normalized spacial score (nSPS) is 12.2. The third kappa shape index (κ3) is 4.03. The second kappa shape index (κ2) is 7.00. The molecule has 6 nitrogen and oxygen atoms in total. The first-order chi connectivity index (χ1) is 9.36. The van der Waals surface area contributed by atoms with E-state index in [0.717, 1.165) is 5.56 Å². The molecular formula is C14H21N3O3. The van der Waals surface area contributed by atoms with Crippen LogP contribution in [-0.4, -0.2) is 28.3 Å². The van der Waals surface area contributed by atoms with Gasteiger partial charge in [-0.1, -0.05) is 26.0 Å². The number of nitro groups is 1. The van der Waals surface area contributed by atoms with Crippen LogP contribution in [0.4, 0.5) is 5.69 Å². The number of hydrogen-bond donors (Lipinski definition) is 1. The number of nitro benzene ring substituents is 1. The van der Waals surface area contributed by atoms with E-state index in [0.29, 0.717) is 13.1 Å². The smallest absolute Gasteiger partial charge is 0.269 e. The minimum Gasteiger partial charge on any atom is -0.337 e. The molecule has 0 spiro atoms. The molecule has 0 aliphatic heterocycles. The van der Waals surface area contributed by atoms with Gasteiger partial charge in [0.2, 0.25) is 5.91 Å². The molecule has 1 aromatic rings. The molecule has 0 aromatic heterocycles. The summed E-state index contributed by atoms with van der Waals surface area (Å²) in [5, 5.41) is 10.6. The molecule has 0 aliphatic carbocycles. The quantitative estimate of drug-likeness (QED) is 0.636. The Morgan fingerprint density at radius 3 is 2.30 bits per heavy atom. The Morgan fingerprint density at radius 1 is 1.35 bits per heavy atom. The molecule has 110 valence electrons. The summed E-state index contributed by atoms with van der Waals surface area (Å²) < 4.78 is 0. The Morgan fingerprint density at radius 2 is 1.90 bits per heavy atom. The Bertz CT molecular complexity index is 471. The van der Waals surface area contributed by atoms with Gasteiger partial charge in [-0.05, 0) is 18.4 Å². The highest BCUT2D eigenvalue weighted by atomic mass is 16.6. The molecule has 1 unspecified atom stereocenters. The molecule has 20 heavy (non-hydrogen) atoms. The number of nitrogens with zero attached hydrogens (tertiary/aromatic N) is 2. The lowest BCUT2D eigenvalue weighted by atomic mass is 10.0. The molecule has 1 rings (SSSR count). The SMILES string of the molecule is CCN(Cc1ccc([N+](=O)[O-])cc1)C(=O)C(N)C(C)C. The van der Waals surface area contributed by atoms with Crippen molar-refractivity contribution in [3.8, 4) is 0 Å². The van der Waals surface area contributed by atoms with Crippen molar-refractivity contribution in [3.05, 3.63) is 39.9 Å². The molecule has 0 saturated carbocycles. The summed E-state index contributed by atoms with van der Waals surface area (Å²) in [7, 11) is 0. The zero-order valence-corrected chi connectivity index (χ0v) is 12.1. The maximum absolute atomic E-state index is 12.2. The first kappa shape index (κ1) is 16.1. The van der Waals surface area contributed by atoms with Gasteiger partial charge in [0.15, 0.2) is 0 Å². The molecule has 0 radical (unpaired) electrons. The van der Waals surface area contributed by atoms with Gasteiger partial charge in [0.1, 0.15) is 0 Å². The number of carbonyl (C=O) groups is 1. The lowest BCUT2D eigenvalue weighted by molar-refractivity contribution is -0.384. The number of amides is 1. The van der Waals surface area contributed by atoms with E-state index >= 15 is 0 Å². The third-order valence-electron chi connectivity index (χ3n) is 3.22. The molecular weight excluding hydrogens is 258 g/mol. The van der Waals surface area contributed by atoms with Gasteiger partial charge in [0, 0.05) is 25.2 Å². The fourth-order valence-electron chi connectivity index (χ4n) is 1.78. The molecule has 0 heterocycles. The maximum Gasteiger partial charge on any atom is 0.269 e.